The fourth-order valence-corrected chi connectivity index (χ4v) is 1.53. The predicted molar refractivity (Wildman–Crippen MR) is 58.5 cm³/mol. The van der Waals surface area contributed by atoms with E-state index in [0.717, 1.165) is 5.56 Å². The molecule has 0 fully saturated rings. The van der Waals surface area contributed by atoms with E-state index in [4.69, 9.17) is 5.11 Å². The van der Waals surface area contributed by atoms with Gasteiger partial charge in [-0.2, -0.15) is 0 Å². The van der Waals surface area contributed by atoms with Gasteiger partial charge in [0.15, 0.2) is 0 Å². The zero-order valence-corrected chi connectivity index (χ0v) is 9.46. The van der Waals surface area contributed by atoms with E-state index in [1.807, 2.05) is 20.8 Å². The number of rotatable bonds is 1. The summed E-state index contributed by atoms with van der Waals surface area (Å²) in [5.41, 5.74) is 1.40. The maximum Gasteiger partial charge on any atom is 0.336 e. The average molecular weight is 208 g/mol. The molecule has 0 amide bonds. The Morgan fingerprint density at radius 3 is 2.20 bits per heavy atom. The number of phenols is 1. The van der Waals surface area contributed by atoms with Gasteiger partial charge in [-0.1, -0.05) is 26.8 Å². The minimum atomic E-state index is -1.01. The van der Waals surface area contributed by atoms with E-state index in [0.29, 0.717) is 5.56 Å². The number of aromatic hydroxyl groups is 1. The molecule has 0 aliphatic heterocycles. The fourth-order valence-electron chi connectivity index (χ4n) is 1.53. The third-order valence-corrected chi connectivity index (χ3v) is 2.38. The Labute approximate surface area is 89.4 Å². The summed E-state index contributed by atoms with van der Waals surface area (Å²) in [6.45, 7) is 7.66. The topological polar surface area (TPSA) is 57.5 Å². The Bertz CT molecular complexity index is 400. The van der Waals surface area contributed by atoms with Crippen molar-refractivity contribution in [3.63, 3.8) is 0 Å². The molecular weight excluding hydrogens is 192 g/mol. The van der Waals surface area contributed by atoms with Gasteiger partial charge in [0.1, 0.15) is 5.75 Å². The van der Waals surface area contributed by atoms with Crippen LogP contribution in [0.25, 0.3) is 0 Å². The Kier molecular flexibility index (Phi) is 2.75. The van der Waals surface area contributed by atoms with Crippen molar-refractivity contribution in [3.8, 4) is 5.75 Å². The van der Waals surface area contributed by atoms with Crippen molar-refractivity contribution in [2.75, 3.05) is 0 Å². The van der Waals surface area contributed by atoms with Gasteiger partial charge in [0.05, 0.1) is 5.56 Å². The first-order valence-electron chi connectivity index (χ1n) is 4.81. The minimum Gasteiger partial charge on any atom is -0.508 e. The highest BCUT2D eigenvalue weighted by Crippen LogP contribution is 2.32. The summed E-state index contributed by atoms with van der Waals surface area (Å²) in [4.78, 5) is 10.8. The quantitative estimate of drug-likeness (QED) is 0.746. The van der Waals surface area contributed by atoms with Crippen LogP contribution in [0.5, 0.6) is 5.75 Å². The zero-order valence-electron chi connectivity index (χ0n) is 9.46. The molecule has 0 aliphatic rings. The molecule has 3 heteroatoms. The number of carbonyl (C=O) groups is 1. The van der Waals surface area contributed by atoms with Gasteiger partial charge < -0.3 is 10.2 Å². The van der Waals surface area contributed by atoms with E-state index >= 15 is 0 Å². The number of aromatic carboxylic acids is 1. The van der Waals surface area contributed by atoms with Crippen molar-refractivity contribution in [2.24, 2.45) is 0 Å². The molecule has 1 aromatic carbocycles. The number of carboxylic acid groups (broad SMARTS) is 1. The van der Waals surface area contributed by atoms with Crippen LogP contribution in [0.2, 0.25) is 0 Å². The lowest BCUT2D eigenvalue weighted by molar-refractivity contribution is 0.0695. The number of benzene rings is 1. The molecule has 3 nitrogen and oxygen atoms in total. The van der Waals surface area contributed by atoms with E-state index in [9.17, 15) is 9.90 Å². The van der Waals surface area contributed by atoms with Crippen LogP contribution < -0.4 is 0 Å². The summed E-state index contributed by atoms with van der Waals surface area (Å²) in [5, 5.41) is 18.6. The van der Waals surface area contributed by atoms with Crippen molar-refractivity contribution >= 4 is 5.97 Å². The Hall–Kier alpha value is -1.51. The number of hydrogen-bond donors (Lipinski definition) is 2. The first kappa shape index (κ1) is 11.6. The zero-order chi connectivity index (χ0) is 11.8. The van der Waals surface area contributed by atoms with E-state index in [2.05, 4.69) is 0 Å². The standard InChI is InChI=1S/C12H16O3/c1-7-5-9(12(2,3)4)10(13)6-8(7)11(14)15/h5-6,13H,1-4H3,(H,14,15). The molecular formula is C12H16O3. The molecule has 0 unspecified atom stereocenters. The lowest BCUT2D eigenvalue weighted by atomic mass is 9.84. The van der Waals surface area contributed by atoms with Gasteiger partial charge in [-0.3, -0.25) is 0 Å². The second-order valence-corrected chi connectivity index (χ2v) is 4.74. The molecule has 0 heterocycles. The van der Waals surface area contributed by atoms with Crippen LogP contribution in [-0.4, -0.2) is 16.2 Å². The Morgan fingerprint density at radius 2 is 1.80 bits per heavy atom. The molecule has 0 bridgehead atoms. The third-order valence-electron chi connectivity index (χ3n) is 2.38. The van der Waals surface area contributed by atoms with E-state index in [-0.39, 0.29) is 16.7 Å². The highest BCUT2D eigenvalue weighted by Gasteiger charge is 2.20. The molecule has 1 aromatic rings. The van der Waals surface area contributed by atoms with E-state index < -0.39 is 5.97 Å². The third kappa shape index (κ3) is 2.29. The summed E-state index contributed by atoms with van der Waals surface area (Å²) in [6.07, 6.45) is 0. The summed E-state index contributed by atoms with van der Waals surface area (Å²) in [7, 11) is 0. The maximum atomic E-state index is 10.8. The smallest absolute Gasteiger partial charge is 0.336 e. The molecule has 0 aromatic heterocycles. The van der Waals surface area contributed by atoms with Gasteiger partial charge in [-0.15, -0.1) is 0 Å². The molecule has 15 heavy (non-hydrogen) atoms. The number of carboxylic acids is 1. The van der Waals surface area contributed by atoms with Gasteiger partial charge in [0.25, 0.3) is 0 Å². The van der Waals surface area contributed by atoms with Gasteiger partial charge >= 0.3 is 5.97 Å². The van der Waals surface area contributed by atoms with Crippen LogP contribution in [0.3, 0.4) is 0 Å². The molecule has 0 aliphatic carbocycles. The van der Waals surface area contributed by atoms with Gasteiger partial charge in [0, 0.05) is 0 Å². The SMILES string of the molecule is Cc1cc(C(C)(C)C)c(O)cc1C(=O)O. The number of hydrogen-bond acceptors (Lipinski definition) is 2. The van der Waals surface area contributed by atoms with Crippen LogP contribution in [-0.2, 0) is 5.41 Å². The van der Waals surface area contributed by atoms with Crippen molar-refractivity contribution in [3.05, 3.63) is 28.8 Å². The number of phenolic OH excluding ortho intramolecular Hbond substituents is 1. The largest absolute Gasteiger partial charge is 0.508 e. The van der Waals surface area contributed by atoms with E-state index in [1.165, 1.54) is 6.07 Å². The highest BCUT2D eigenvalue weighted by atomic mass is 16.4. The molecule has 0 saturated heterocycles. The highest BCUT2D eigenvalue weighted by molar-refractivity contribution is 5.90. The molecule has 2 N–H and O–H groups in total. The predicted octanol–water partition coefficient (Wildman–Crippen LogP) is 2.70. The van der Waals surface area contributed by atoms with Crippen molar-refractivity contribution in [1.29, 1.82) is 0 Å². The van der Waals surface area contributed by atoms with Crippen LogP contribution in [0.4, 0.5) is 0 Å². The fraction of sp³-hybridized carbons (Fsp3) is 0.417. The van der Waals surface area contributed by atoms with Gasteiger partial charge in [-0.05, 0) is 29.5 Å². The molecule has 0 spiro atoms. The normalized spacial score (nSPS) is 11.5. The van der Waals surface area contributed by atoms with E-state index in [1.54, 1.807) is 13.0 Å². The van der Waals surface area contributed by atoms with Crippen LogP contribution in [0, 0.1) is 6.92 Å². The molecule has 82 valence electrons. The van der Waals surface area contributed by atoms with Crippen LogP contribution in [0.15, 0.2) is 12.1 Å². The monoisotopic (exact) mass is 208 g/mol. The molecule has 0 saturated carbocycles. The first-order chi connectivity index (χ1) is 6.73. The van der Waals surface area contributed by atoms with Gasteiger partial charge in [-0.25, -0.2) is 4.79 Å². The van der Waals surface area contributed by atoms with Crippen molar-refractivity contribution < 1.29 is 15.0 Å². The lowest BCUT2D eigenvalue weighted by Gasteiger charge is -2.21. The van der Waals surface area contributed by atoms with Crippen molar-refractivity contribution in [1.82, 2.24) is 0 Å². The van der Waals surface area contributed by atoms with Crippen LogP contribution in [0.1, 0.15) is 42.3 Å². The molecule has 0 radical (unpaired) electrons. The Morgan fingerprint density at radius 1 is 1.27 bits per heavy atom. The minimum absolute atomic E-state index is 0.0468. The van der Waals surface area contributed by atoms with Crippen molar-refractivity contribution in [2.45, 2.75) is 33.1 Å². The average Bonchev–Trinajstić information content (AvgIpc) is 2.06. The molecule has 1 rings (SSSR count). The Balaban J connectivity index is 3.39. The first-order valence-corrected chi connectivity index (χ1v) is 4.81. The second kappa shape index (κ2) is 3.57. The number of aryl methyl sites for hydroxylation is 1. The van der Waals surface area contributed by atoms with Gasteiger partial charge in [0.2, 0.25) is 0 Å². The molecule has 0 atom stereocenters. The maximum absolute atomic E-state index is 10.8. The summed E-state index contributed by atoms with van der Waals surface area (Å²) in [5.74, 6) is -0.964. The summed E-state index contributed by atoms with van der Waals surface area (Å²) in [6, 6.07) is 3.05. The summed E-state index contributed by atoms with van der Waals surface area (Å²) >= 11 is 0. The van der Waals surface area contributed by atoms with Crippen LogP contribution >= 0.6 is 0 Å². The summed E-state index contributed by atoms with van der Waals surface area (Å²) < 4.78 is 0. The second-order valence-electron chi connectivity index (χ2n) is 4.74. The lowest BCUT2D eigenvalue weighted by Crippen LogP contribution is -2.13.